The molecule has 1 aromatic heterocycles. The van der Waals surface area contributed by atoms with Gasteiger partial charge in [0.1, 0.15) is 0 Å². The minimum atomic E-state index is -0.648. The molecule has 1 N–H and O–H groups in total. The smallest absolute Gasteiger partial charge is 0.261 e. The van der Waals surface area contributed by atoms with Crippen molar-refractivity contribution in [3.8, 4) is 5.69 Å². The van der Waals surface area contributed by atoms with Gasteiger partial charge in [-0.25, -0.2) is 0 Å². The van der Waals surface area contributed by atoms with Crippen molar-refractivity contribution in [2.45, 2.75) is 43.2 Å². The van der Waals surface area contributed by atoms with Crippen LogP contribution < -0.4 is 0 Å². The van der Waals surface area contributed by atoms with Crippen LogP contribution >= 0.6 is 11.8 Å². The molecule has 7 rings (SSSR count). The fourth-order valence-corrected chi connectivity index (χ4v) is 6.44. The standard InChI is InChI=1S/C34H29N5O5S/c40-20-23-12-14-24(15-13-23)30-18-27(21-45-34-35-36-37-39(34)26-6-2-1-3-7-26)43-33(44-30)25-16-10-22(11-17-25)19-38-31(41)28-8-4-5-9-29(28)32(38)42/h1-17,27,30,33,40H,18-21H2/t27-,30+,33+/m1/s1. The Kier molecular flexibility index (Phi) is 8.23. The Morgan fingerprint density at radius 3 is 2.11 bits per heavy atom. The number of thioether (sulfide) groups is 1. The fourth-order valence-electron chi connectivity index (χ4n) is 5.54. The first-order chi connectivity index (χ1) is 22.1. The summed E-state index contributed by atoms with van der Waals surface area (Å²) in [5.74, 6) is 0.0236. The Bertz CT molecular complexity index is 1780. The number of tetrazole rings is 1. The van der Waals surface area contributed by atoms with Crippen LogP contribution in [0.1, 0.15) is 61.8 Å². The van der Waals surface area contributed by atoms with E-state index >= 15 is 0 Å². The third-order valence-electron chi connectivity index (χ3n) is 7.93. The van der Waals surface area contributed by atoms with Gasteiger partial charge >= 0.3 is 0 Å². The van der Waals surface area contributed by atoms with Crippen molar-refractivity contribution >= 4 is 23.6 Å². The van der Waals surface area contributed by atoms with E-state index in [0.29, 0.717) is 28.5 Å². The average Bonchev–Trinajstić information content (AvgIpc) is 3.67. The van der Waals surface area contributed by atoms with Crippen LogP contribution in [0, 0.1) is 0 Å². The van der Waals surface area contributed by atoms with Crippen LogP contribution in [-0.2, 0) is 22.6 Å². The summed E-state index contributed by atoms with van der Waals surface area (Å²) < 4.78 is 14.7. The van der Waals surface area contributed by atoms with Crippen LogP contribution in [0.3, 0.4) is 0 Å². The van der Waals surface area contributed by atoms with Crippen molar-refractivity contribution in [3.05, 3.63) is 137 Å². The molecule has 0 aliphatic carbocycles. The van der Waals surface area contributed by atoms with Crippen LogP contribution in [0.15, 0.2) is 108 Å². The molecule has 45 heavy (non-hydrogen) atoms. The van der Waals surface area contributed by atoms with E-state index in [1.807, 2.05) is 78.9 Å². The van der Waals surface area contributed by atoms with E-state index in [1.54, 1.807) is 28.9 Å². The van der Waals surface area contributed by atoms with Gasteiger partial charge in [0.2, 0.25) is 5.16 Å². The number of carbonyl (C=O) groups excluding carboxylic acids is 2. The molecule has 11 heteroatoms. The zero-order chi connectivity index (χ0) is 30.8. The number of carbonyl (C=O) groups is 2. The number of aromatic nitrogens is 4. The molecule has 1 saturated heterocycles. The van der Waals surface area contributed by atoms with Gasteiger partial charge in [0, 0.05) is 17.7 Å². The lowest BCUT2D eigenvalue weighted by atomic mass is 10.0. The van der Waals surface area contributed by atoms with E-state index in [-0.39, 0.29) is 37.2 Å². The minimum absolute atomic E-state index is 0.0278. The summed E-state index contributed by atoms with van der Waals surface area (Å²) in [5, 5.41) is 22.4. The molecule has 0 spiro atoms. The van der Waals surface area contributed by atoms with Crippen LogP contribution in [-0.4, -0.2) is 53.9 Å². The Hall–Kier alpha value is -4.68. The molecule has 10 nitrogen and oxygen atoms in total. The largest absolute Gasteiger partial charge is 0.392 e. The van der Waals surface area contributed by atoms with Crippen molar-refractivity contribution < 1.29 is 24.2 Å². The van der Waals surface area contributed by atoms with Gasteiger partial charge in [-0.05, 0) is 51.4 Å². The maximum Gasteiger partial charge on any atom is 0.261 e. The number of imide groups is 1. The van der Waals surface area contributed by atoms with Gasteiger partial charge in [-0.3, -0.25) is 14.5 Å². The number of amides is 2. The molecule has 0 radical (unpaired) electrons. The van der Waals surface area contributed by atoms with Gasteiger partial charge < -0.3 is 14.6 Å². The van der Waals surface area contributed by atoms with E-state index in [2.05, 4.69) is 15.5 Å². The normalized spacial score (nSPS) is 19.6. The number of nitrogens with zero attached hydrogens (tertiary/aromatic N) is 5. The number of hydrogen-bond donors (Lipinski definition) is 1. The lowest BCUT2D eigenvalue weighted by molar-refractivity contribution is -0.245. The predicted octanol–water partition coefficient (Wildman–Crippen LogP) is 5.29. The second-order valence-electron chi connectivity index (χ2n) is 10.9. The van der Waals surface area contributed by atoms with Crippen LogP contribution in [0.5, 0.6) is 0 Å². The van der Waals surface area contributed by atoms with E-state index in [1.165, 1.54) is 16.7 Å². The molecule has 0 bridgehead atoms. The first-order valence-corrected chi connectivity index (χ1v) is 15.6. The minimum Gasteiger partial charge on any atom is -0.392 e. The number of ether oxygens (including phenoxy) is 2. The third kappa shape index (κ3) is 6.03. The van der Waals surface area contributed by atoms with E-state index in [0.717, 1.165) is 27.9 Å². The molecule has 3 heterocycles. The first-order valence-electron chi connectivity index (χ1n) is 14.6. The second-order valence-corrected chi connectivity index (χ2v) is 11.8. The van der Waals surface area contributed by atoms with Crippen molar-refractivity contribution in [2.24, 2.45) is 0 Å². The zero-order valence-corrected chi connectivity index (χ0v) is 24.9. The molecule has 1 fully saturated rings. The fraction of sp³-hybridized carbons (Fsp3) is 0.206. The molecule has 5 aromatic rings. The summed E-state index contributed by atoms with van der Waals surface area (Å²) in [6, 6.07) is 32.0. The zero-order valence-electron chi connectivity index (χ0n) is 24.1. The molecule has 4 aromatic carbocycles. The maximum absolute atomic E-state index is 12.9. The molecule has 3 atom stereocenters. The Balaban J connectivity index is 1.08. The van der Waals surface area contributed by atoms with Crippen molar-refractivity contribution in [1.29, 1.82) is 0 Å². The number of para-hydroxylation sites is 1. The van der Waals surface area contributed by atoms with Gasteiger partial charge in [0.05, 0.1) is 42.2 Å². The average molecular weight is 620 g/mol. The Morgan fingerprint density at radius 1 is 0.778 bits per heavy atom. The lowest BCUT2D eigenvalue weighted by Crippen LogP contribution is -2.31. The summed E-state index contributed by atoms with van der Waals surface area (Å²) >= 11 is 1.51. The lowest BCUT2D eigenvalue weighted by Gasteiger charge is -2.36. The summed E-state index contributed by atoms with van der Waals surface area (Å²) in [4.78, 5) is 27.0. The number of hydrogen-bond acceptors (Lipinski definition) is 9. The van der Waals surface area contributed by atoms with Gasteiger partial charge in [0.15, 0.2) is 6.29 Å². The maximum atomic E-state index is 12.9. The number of aliphatic hydroxyl groups is 1. The molecule has 2 aliphatic heterocycles. The van der Waals surface area contributed by atoms with Crippen molar-refractivity contribution in [3.63, 3.8) is 0 Å². The Labute approximate surface area is 263 Å². The van der Waals surface area contributed by atoms with Gasteiger partial charge in [-0.2, -0.15) is 4.68 Å². The highest BCUT2D eigenvalue weighted by atomic mass is 32.2. The van der Waals surface area contributed by atoms with Gasteiger partial charge in [-0.1, -0.05) is 90.6 Å². The second kappa shape index (κ2) is 12.7. The molecule has 2 aliphatic rings. The highest BCUT2D eigenvalue weighted by Gasteiger charge is 2.36. The summed E-state index contributed by atoms with van der Waals surface area (Å²) in [6.07, 6.45) is -0.460. The van der Waals surface area contributed by atoms with Crippen LogP contribution in [0.25, 0.3) is 5.69 Å². The molecular formula is C34H29N5O5S. The number of benzene rings is 4. The summed E-state index contributed by atoms with van der Waals surface area (Å²) in [6.45, 7) is 0.147. The third-order valence-corrected chi connectivity index (χ3v) is 8.98. The quantitative estimate of drug-likeness (QED) is 0.173. The molecular weight excluding hydrogens is 590 g/mol. The highest BCUT2D eigenvalue weighted by molar-refractivity contribution is 7.99. The van der Waals surface area contributed by atoms with Crippen LogP contribution in [0.4, 0.5) is 0 Å². The summed E-state index contributed by atoms with van der Waals surface area (Å²) in [5.41, 5.74) is 5.20. The molecule has 2 amide bonds. The van der Waals surface area contributed by atoms with Gasteiger partial charge in [-0.15, -0.1) is 5.10 Å². The van der Waals surface area contributed by atoms with E-state index in [9.17, 15) is 14.7 Å². The van der Waals surface area contributed by atoms with E-state index in [4.69, 9.17) is 9.47 Å². The van der Waals surface area contributed by atoms with Gasteiger partial charge in [0.25, 0.3) is 11.8 Å². The molecule has 0 unspecified atom stereocenters. The predicted molar refractivity (Wildman–Crippen MR) is 165 cm³/mol. The highest BCUT2D eigenvalue weighted by Crippen LogP contribution is 2.39. The van der Waals surface area contributed by atoms with Crippen LogP contribution in [0.2, 0.25) is 0 Å². The Morgan fingerprint density at radius 2 is 1.42 bits per heavy atom. The number of rotatable bonds is 9. The molecule has 0 saturated carbocycles. The topological polar surface area (TPSA) is 120 Å². The SMILES string of the molecule is O=C1c2ccccc2C(=O)N1Cc1ccc([C@H]2O[C@@H](CSc3nnnn3-c3ccccc3)C[C@@H](c3ccc(CO)cc3)O2)cc1. The monoisotopic (exact) mass is 619 g/mol. The van der Waals surface area contributed by atoms with Crippen molar-refractivity contribution in [1.82, 2.24) is 25.1 Å². The molecule has 226 valence electrons. The number of aliphatic hydroxyl groups excluding tert-OH is 1. The first kappa shape index (κ1) is 29.1. The van der Waals surface area contributed by atoms with E-state index < -0.39 is 6.29 Å². The number of fused-ring (bicyclic) bond motifs is 1. The van der Waals surface area contributed by atoms with Crippen molar-refractivity contribution in [2.75, 3.05) is 5.75 Å². The summed E-state index contributed by atoms with van der Waals surface area (Å²) in [7, 11) is 0.